The summed E-state index contributed by atoms with van der Waals surface area (Å²) in [5, 5.41) is 6.40. The Morgan fingerprint density at radius 1 is 0.905 bits per heavy atom. The smallest absolute Gasteiger partial charge is 0.358 e. The second-order valence-corrected chi connectivity index (χ2v) is 6.16. The van der Waals surface area contributed by atoms with Crippen molar-refractivity contribution in [1.29, 1.82) is 0 Å². The van der Waals surface area contributed by atoms with Gasteiger partial charge in [-0.25, -0.2) is 0 Å². The summed E-state index contributed by atoms with van der Waals surface area (Å²) >= 11 is 0. The summed E-state index contributed by atoms with van der Waals surface area (Å²) in [6, 6.07) is 0.564. The van der Waals surface area contributed by atoms with Gasteiger partial charge in [-0.3, -0.25) is 4.79 Å². The molecule has 2 N–H and O–H groups in total. The zero-order valence-corrected chi connectivity index (χ0v) is 21.7. The van der Waals surface area contributed by atoms with Crippen LogP contribution in [0.25, 0.3) is 0 Å². The zero-order chi connectivity index (χ0) is 14.5. The van der Waals surface area contributed by atoms with Crippen LogP contribution in [0.15, 0.2) is 0 Å². The number of hydrogen-bond donors (Lipinski definition) is 2. The summed E-state index contributed by atoms with van der Waals surface area (Å²) in [5.41, 5.74) is 0. The standard InChI is InChI=1S/C16H34N2O.CH3.Cs/c1-14(2)10-7-9-13-18-16(19)11-6-5-8-12-17-15(3)4;;/h14-15,17H,5-13H2,1-4H3,(H,18,19);1H3;/q;-1;+1. The van der Waals surface area contributed by atoms with E-state index in [0.29, 0.717) is 12.5 Å². The van der Waals surface area contributed by atoms with E-state index in [0.717, 1.165) is 38.3 Å². The minimum atomic E-state index is 0. The molecule has 0 heterocycles. The van der Waals surface area contributed by atoms with Gasteiger partial charge in [-0.1, -0.05) is 47.0 Å². The summed E-state index contributed by atoms with van der Waals surface area (Å²) in [6.07, 6.45) is 7.60. The third kappa shape index (κ3) is 23.9. The van der Waals surface area contributed by atoms with Gasteiger partial charge in [0, 0.05) is 19.0 Å². The first-order chi connectivity index (χ1) is 9.02. The molecule has 0 aliphatic carbocycles. The molecule has 0 fully saturated rings. The molecule has 0 saturated carbocycles. The minimum Gasteiger partial charge on any atom is -0.358 e. The molecule has 3 nitrogen and oxygen atoms in total. The van der Waals surface area contributed by atoms with Gasteiger partial charge in [0.25, 0.3) is 0 Å². The average molecular weight is 418 g/mol. The maximum atomic E-state index is 11.6. The van der Waals surface area contributed by atoms with E-state index in [2.05, 4.69) is 38.3 Å². The van der Waals surface area contributed by atoms with Crippen LogP contribution in [-0.4, -0.2) is 25.0 Å². The Kier molecular flexibility index (Phi) is 25.4. The molecule has 21 heavy (non-hydrogen) atoms. The van der Waals surface area contributed by atoms with Gasteiger partial charge >= 0.3 is 68.9 Å². The van der Waals surface area contributed by atoms with Crippen molar-refractivity contribution in [2.75, 3.05) is 13.1 Å². The molecule has 0 aromatic rings. The largest absolute Gasteiger partial charge is 1.00 e. The zero-order valence-electron chi connectivity index (χ0n) is 15.4. The summed E-state index contributed by atoms with van der Waals surface area (Å²) in [6.45, 7) is 10.7. The summed E-state index contributed by atoms with van der Waals surface area (Å²) in [4.78, 5) is 11.6. The van der Waals surface area contributed by atoms with Crippen molar-refractivity contribution in [2.45, 2.75) is 78.7 Å². The maximum Gasteiger partial charge on any atom is 1.00 e. The third-order valence-corrected chi connectivity index (χ3v) is 3.16. The number of carbonyl (C=O) groups excluding carboxylic acids is 1. The molecule has 0 aliphatic heterocycles. The summed E-state index contributed by atoms with van der Waals surface area (Å²) in [5.74, 6) is 0.997. The number of rotatable bonds is 12. The molecule has 0 bridgehead atoms. The van der Waals surface area contributed by atoms with Crippen molar-refractivity contribution in [2.24, 2.45) is 5.92 Å². The van der Waals surface area contributed by atoms with E-state index in [1.54, 1.807) is 0 Å². The van der Waals surface area contributed by atoms with Crippen molar-refractivity contribution in [1.82, 2.24) is 10.6 Å². The van der Waals surface area contributed by atoms with Crippen LogP contribution in [0.1, 0.15) is 72.6 Å². The van der Waals surface area contributed by atoms with E-state index in [-0.39, 0.29) is 82.2 Å². The molecule has 0 aromatic heterocycles. The molecule has 0 unspecified atom stereocenters. The van der Waals surface area contributed by atoms with Crippen LogP contribution in [0.5, 0.6) is 0 Å². The van der Waals surface area contributed by atoms with Crippen molar-refractivity contribution in [3.05, 3.63) is 7.43 Å². The number of nitrogens with one attached hydrogen (secondary N) is 2. The van der Waals surface area contributed by atoms with E-state index in [9.17, 15) is 4.79 Å². The Labute approximate surface area is 192 Å². The maximum absolute atomic E-state index is 11.6. The molecular formula is C17H37CsN2O. The Morgan fingerprint density at radius 2 is 1.52 bits per heavy atom. The Balaban J connectivity index is -0.00000162. The number of unbranched alkanes of at least 4 members (excludes halogenated alkanes) is 3. The van der Waals surface area contributed by atoms with Crippen molar-refractivity contribution < 1.29 is 73.7 Å². The summed E-state index contributed by atoms with van der Waals surface area (Å²) in [7, 11) is 0. The topological polar surface area (TPSA) is 41.1 Å². The van der Waals surface area contributed by atoms with Gasteiger partial charge in [-0.15, -0.1) is 0 Å². The van der Waals surface area contributed by atoms with Crippen LogP contribution in [-0.2, 0) is 4.79 Å². The summed E-state index contributed by atoms with van der Waals surface area (Å²) < 4.78 is 0. The fourth-order valence-corrected chi connectivity index (χ4v) is 1.97. The predicted octanol–water partition coefficient (Wildman–Crippen LogP) is 0.942. The molecule has 0 aromatic carbocycles. The Bertz CT molecular complexity index is 221. The molecule has 0 spiro atoms. The van der Waals surface area contributed by atoms with E-state index in [4.69, 9.17) is 0 Å². The molecule has 0 aliphatic rings. The van der Waals surface area contributed by atoms with Crippen molar-refractivity contribution in [3.8, 4) is 0 Å². The van der Waals surface area contributed by atoms with Gasteiger partial charge in [0.1, 0.15) is 0 Å². The molecule has 1 amide bonds. The van der Waals surface area contributed by atoms with Gasteiger partial charge in [-0.05, 0) is 31.7 Å². The van der Waals surface area contributed by atoms with Gasteiger partial charge in [-0.2, -0.15) is 0 Å². The van der Waals surface area contributed by atoms with Crippen LogP contribution < -0.4 is 79.5 Å². The number of carbonyl (C=O) groups is 1. The first-order valence-corrected chi connectivity index (χ1v) is 8.02. The average Bonchev–Trinajstić information content (AvgIpc) is 2.32. The van der Waals surface area contributed by atoms with Gasteiger partial charge in [0.15, 0.2) is 0 Å². The fourth-order valence-electron chi connectivity index (χ4n) is 1.97. The molecule has 0 saturated heterocycles. The Morgan fingerprint density at radius 3 is 2.10 bits per heavy atom. The number of amides is 1. The van der Waals surface area contributed by atoms with E-state index >= 15 is 0 Å². The van der Waals surface area contributed by atoms with Crippen LogP contribution in [0, 0.1) is 13.3 Å². The molecule has 0 rings (SSSR count). The second kappa shape index (κ2) is 19.5. The van der Waals surface area contributed by atoms with Gasteiger partial charge in [0.2, 0.25) is 5.91 Å². The molecular weight excluding hydrogens is 381 g/mol. The molecule has 0 atom stereocenters. The van der Waals surface area contributed by atoms with E-state index in [1.807, 2.05) is 0 Å². The predicted molar refractivity (Wildman–Crippen MR) is 89.7 cm³/mol. The van der Waals surface area contributed by atoms with E-state index in [1.165, 1.54) is 19.3 Å². The molecule has 122 valence electrons. The quantitative estimate of drug-likeness (QED) is 0.366. The van der Waals surface area contributed by atoms with E-state index < -0.39 is 0 Å². The third-order valence-electron chi connectivity index (χ3n) is 3.16. The van der Waals surface area contributed by atoms with Crippen LogP contribution in [0.3, 0.4) is 0 Å². The van der Waals surface area contributed by atoms with Crippen LogP contribution >= 0.6 is 0 Å². The SMILES string of the molecule is CC(C)CCCCNC(=O)CCCCCNC(C)C.[CH3-].[Cs+]. The van der Waals surface area contributed by atoms with Gasteiger partial charge < -0.3 is 18.1 Å². The van der Waals surface area contributed by atoms with Crippen LogP contribution in [0.2, 0.25) is 0 Å². The Hall–Kier alpha value is 1.48. The van der Waals surface area contributed by atoms with Crippen molar-refractivity contribution >= 4 is 5.91 Å². The fraction of sp³-hybridized carbons (Fsp3) is 0.882. The minimum absolute atomic E-state index is 0. The monoisotopic (exact) mass is 418 g/mol. The van der Waals surface area contributed by atoms with Crippen LogP contribution in [0.4, 0.5) is 0 Å². The van der Waals surface area contributed by atoms with Crippen molar-refractivity contribution in [3.63, 3.8) is 0 Å². The van der Waals surface area contributed by atoms with Gasteiger partial charge in [0.05, 0.1) is 0 Å². The molecule has 4 heteroatoms. The first-order valence-electron chi connectivity index (χ1n) is 8.02. The molecule has 0 radical (unpaired) electrons. The number of hydrogen-bond acceptors (Lipinski definition) is 2. The normalized spacial score (nSPS) is 10.2. The second-order valence-electron chi connectivity index (χ2n) is 6.16. The first kappa shape index (κ1) is 27.3.